The lowest BCUT2D eigenvalue weighted by Gasteiger charge is -2.11. The molecular weight excluding hydrogens is 182 g/mol. The van der Waals surface area contributed by atoms with E-state index in [1.807, 2.05) is 24.3 Å². The predicted molar refractivity (Wildman–Crippen MR) is 59.4 cm³/mol. The molecule has 2 heteroatoms. The molecule has 0 aliphatic carbocycles. The lowest BCUT2D eigenvalue weighted by atomic mass is 10.1. The molecule has 1 rings (SSSR count). The highest BCUT2D eigenvalue weighted by Crippen LogP contribution is 2.15. The summed E-state index contributed by atoms with van der Waals surface area (Å²) in [5.74, 6) is 0.707. The van der Waals surface area contributed by atoms with Crippen molar-refractivity contribution in [3.05, 3.63) is 29.3 Å². The highest BCUT2D eigenvalue weighted by molar-refractivity contribution is 6.30. The SMILES string of the molecule is CCC(C)CNc1cccc(Cl)c1. The number of halogens is 1. The van der Waals surface area contributed by atoms with Crippen molar-refractivity contribution in [2.45, 2.75) is 20.3 Å². The first-order valence-corrected chi connectivity index (χ1v) is 5.09. The Bertz CT molecular complexity index is 260. The van der Waals surface area contributed by atoms with Gasteiger partial charge in [0.1, 0.15) is 0 Å². The van der Waals surface area contributed by atoms with E-state index in [4.69, 9.17) is 11.6 Å². The Hall–Kier alpha value is -0.690. The van der Waals surface area contributed by atoms with E-state index in [1.165, 1.54) is 6.42 Å². The Balaban J connectivity index is 2.45. The molecule has 0 spiro atoms. The molecule has 0 amide bonds. The fourth-order valence-electron chi connectivity index (χ4n) is 1.03. The third-order valence-corrected chi connectivity index (χ3v) is 2.41. The van der Waals surface area contributed by atoms with Gasteiger partial charge in [-0.1, -0.05) is 37.9 Å². The number of nitrogens with one attached hydrogen (secondary N) is 1. The zero-order chi connectivity index (χ0) is 9.68. The van der Waals surface area contributed by atoms with Crippen molar-refractivity contribution in [1.29, 1.82) is 0 Å². The molecule has 1 aromatic carbocycles. The summed E-state index contributed by atoms with van der Waals surface area (Å²) in [7, 11) is 0. The van der Waals surface area contributed by atoms with Crippen molar-refractivity contribution in [2.75, 3.05) is 11.9 Å². The molecule has 0 radical (unpaired) electrons. The third kappa shape index (κ3) is 3.69. The second-order valence-corrected chi connectivity index (χ2v) is 3.84. The van der Waals surface area contributed by atoms with Crippen LogP contribution in [0.3, 0.4) is 0 Å². The molecule has 0 saturated carbocycles. The third-order valence-electron chi connectivity index (χ3n) is 2.18. The Morgan fingerprint density at radius 1 is 1.46 bits per heavy atom. The van der Waals surface area contributed by atoms with Gasteiger partial charge in [0, 0.05) is 17.3 Å². The Labute approximate surface area is 85.1 Å². The van der Waals surface area contributed by atoms with E-state index in [9.17, 15) is 0 Å². The van der Waals surface area contributed by atoms with Crippen LogP contribution in [-0.2, 0) is 0 Å². The number of anilines is 1. The molecule has 0 aliphatic rings. The minimum absolute atomic E-state index is 0.707. The van der Waals surface area contributed by atoms with Gasteiger partial charge in [-0.15, -0.1) is 0 Å². The van der Waals surface area contributed by atoms with Crippen LogP contribution < -0.4 is 5.32 Å². The van der Waals surface area contributed by atoms with Gasteiger partial charge < -0.3 is 5.32 Å². The Morgan fingerprint density at radius 2 is 2.23 bits per heavy atom. The van der Waals surface area contributed by atoms with Crippen molar-refractivity contribution in [1.82, 2.24) is 0 Å². The van der Waals surface area contributed by atoms with Gasteiger partial charge in [-0.2, -0.15) is 0 Å². The van der Waals surface area contributed by atoms with Crippen LogP contribution >= 0.6 is 11.6 Å². The van der Waals surface area contributed by atoms with Gasteiger partial charge in [0.05, 0.1) is 0 Å². The van der Waals surface area contributed by atoms with E-state index in [0.717, 1.165) is 17.3 Å². The molecule has 1 atom stereocenters. The van der Waals surface area contributed by atoms with Gasteiger partial charge in [-0.3, -0.25) is 0 Å². The molecule has 1 unspecified atom stereocenters. The highest BCUT2D eigenvalue weighted by atomic mass is 35.5. The van der Waals surface area contributed by atoms with Crippen molar-refractivity contribution >= 4 is 17.3 Å². The van der Waals surface area contributed by atoms with Gasteiger partial charge in [0.15, 0.2) is 0 Å². The summed E-state index contributed by atoms with van der Waals surface area (Å²) in [5.41, 5.74) is 1.10. The second kappa shape index (κ2) is 5.13. The minimum atomic E-state index is 0.707. The van der Waals surface area contributed by atoms with Crippen LogP contribution in [0.4, 0.5) is 5.69 Å². The van der Waals surface area contributed by atoms with E-state index >= 15 is 0 Å². The first-order valence-electron chi connectivity index (χ1n) is 4.71. The molecule has 72 valence electrons. The zero-order valence-electron chi connectivity index (χ0n) is 8.18. The maximum absolute atomic E-state index is 5.85. The number of benzene rings is 1. The fourth-order valence-corrected chi connectivity index (χ4v) is 1.23. The first-order chi connectivity index (χ1) is 6.22. The van der Waals surface area contributed by atoms with Crippen LogP contribution in [0.2, 0.25) is 5.02 Å². The van der Waals surface area contributed by atoms with Gasteiger partial charge in [0.25, 0.3) is 0 Å². The highest BCUT2D eigenvalue weighted by Gasteiger charge is 1.98. The average Bonchev–Trinajstić information content (AvgIpc) is 2.14. The summed E-state index contributed by atoms with van der Waals surface area (Å²) in [5, 5.41) is 4.14. The average molecular weight is 198 g/mol. The lowest BCUT2D eigenvalue weighted by Crippen LogP contribution is -2.09. The van der Waals surface area contributed by atoms with Crippen molar-refractivity contribution < 1.29 is 0 Å². The second-order valence-electron chi connectivity index (χ2n) is 3.40. The Morgan fingerprint density at radius 3 is 2.85 bits per heavy atom. The maximum atomic E-state index is 5.85. The summed E-state index contributed by atoms with van der Waals surface area (Å²) in [4.78, 5) is 0. The number of hydrogen-bond acceptors (Lipinski definition) is 1. The van der Waals surface area contributed by atoms with Gasteiger partial charge in [-0.25, -0.2) is 0 Å². The molecule has 1 N–H and O–H groups in total. The standard InChI is InChI=1S/C11H16ClN/c1-3-9(2)8-13-11-6-4-5-10(12)7-11/h4-7,9,13H,3,8H2,1-2H3. The molecule has 0 bridgehead atoms. The smallest absolute Gasteiger partial charge is 0.0426 e. The van der Waals surface area contributed by atoms with Crippen molar-refractivity contribution in [2.24, 2.45) is 5.92 Å². The van der Waals surface area contributed by atoms with E-state index in [-0.39, 0.29) is 0 Å². The maximum Gasteiger partial charge on any atom is 0.0426 e. The van der Waals surface area contributed by atoms with E-state index < -0.39 is 0 Å². The predicted octanol–water partition coefficient (Wildman–Crippen LogP) is 3.80. The summed E-state index contributed by atoms with van der Waals surface area (Å²) < 4.78 is 0. The summed E-state index contributed by atoms with van der Waals surface area (Å²) in [6.45, 7) is 5.44. The molecule has 0 aromatic heterocycles. The van der Waals surface area contributed by atoms with Gasteiger partial charge in [0.2, 0.25) is 0 Å². The van der Waals surface area contributed by atoms with Crippen LogP contribution in [0.1, 0.15) is 20.3 Å². The topological polar surface area (TPSA) is 12.0 Å². The van der Waals surface area contributed by atoms with E-state index in [1.54, 1.807) is 0 Å². The van der Waals surface area contributed by atoms with Crippen LogP contribution in [0, 0.1) is 5.92 Å². The molecule has 0 heterocycles. The largest absolute Gasteiger partial charge is 0.385 e. The molecule has 0 saturated heterocycles. The molecule has 13 heavy (non-hydrogen) atoms. The summed E-state index contributed by atoms with van der Waals surface area (Å²) in [6, 6.07) is 7.83. The van der Waals surface area contributed by atoms with Crippen LogP contribution in [0.5, 0.6) is 0 Å². The van der Waals surface area contributed by atoms with Crippen molar-refractivity contribution in [3.8, 4) is 0 Å². The Kier molecular flexibility index (Phi) is 4.10. The summed E-state index contributed by atoms with van der Waals surface area (Å²) >= 11 is 5.85. The monoisotopic (exact) mass is 197 g/mol. The first kappa shape index (κ1) is 10.4. The van der Waals surface area contributed by atoms with Crippen LogP contribution in [0.25, 0.3) is 0 Å². The fraction of sp³-hybridized carbons (Fsp3) is 0.455. The minimum Gasteiger partial charge on any atom is -0.385 e. The molecule has 1 aromatic rings. The van der Waals surface area contributed by atoms with Gasteiger partial charge in [-0.05, 0) is 24.1 Å². The molecular formula is C11H16ClN. The van der Waals surface area contributed by atoms with E-state index in [2.05, 4.69) is 19.2 Å². The summed E-state index contributed by atoms with van der Waals surface area (Å²) in [6.07, 6.45) is 1.20. The zero-order valence-corrected chi connectivity index (χ0v) is 8.93. The van der Waals surface area contributed by atoms with E-state index in [0.29, 0.717) is 5.92 Å². The molecule has 0 fully saturated rings. The molecule has 1 nitrogen and oxygen atoms in total. The number of hydrogen-bond donors (Lipinski definition) is 1. The number of rotatable bonds is 4. The van der Waals surface area contributed by atoms with Crippen LogP contribution in [-0.4, -0.2) is 6.54 Å². The lowest BCUT2D eigenvalue weighted by molar-refractivity contribution is 0.593. The molecule has 0 aliphatic heterocycles. The van der Waals surface area contributed by atoms with Crippen molar-refractivity contribution in [3.63, 3.8) is 0 Å². The van der Waals surface area contributed by atoms with Gasteiger partial charge >= 0.3 is 0 Å². The quantitative estimate of drug-likeness (QED) is 0.775. The normalized spacial score (nSPS) is 12.5. The van der Waals surface area contributed by atoms with Crippen LogP contribution in [0.15, 0.2) is 24.3 Å².